The standard InChI is InChI=1S/C12H11BrFNO2/c13-9-2-10(14)4-11(3-9)17-7-12-1-8(5-15)6-16-12/h1-4,6H,5,7,15H2. The monoisotopic (exact) mass is 299 g/mol. The van der Waals surface area contributed by atoms with Gasteiger partial charge in [-0.05, 0) is 18.2 Å². The van der Waals surface area contributed by atoms with E-state index in [1.54, 1.807) is 12.3 Å². The Morgan fingerprint density at radius 1 is 1.29 bits per heavy atom. The Morgan fingerprint density at radius 2 is 2.12 bits per heavy atom. The van der Waals surface area contributed by atoms with Gasteiger partial charge in [0, 0.05) is 22.6 Å². The molecule has 0 aliphatic carbocycles. The topological polar surface area (TPSA) is 48.4 Å². The lowest BCUT2D eigenvalue weighted by molar-refractivity contribution is 0.269. The van der Waals surface area contributed by atoms with Crippen molar-refractivity contribution in [2.75, 3.05) is 0 Å². The fraction of sp³-hybridized carbons (Fsp3) is 0.167. The van der Waals surface area contributed by atoms with Crippen molar-refractivity contribution in [3.63, 3.8) is 0 Å². The van der Waals surface area contributed by atoms with E-state index in [2.05, 4.69) is 15.9 Å². The third-order valence-corrected chi connectivity index (χ3v) is 2.62. The molecule has 0 fully saturated rings. The Balaban J connectivity index is 2.01. The van der Waals surface area contributed by atoms with Gasteiger partial charge in [0.25, 0.3) is 0 Å². The lowest BCUT2D eigenvalue weighted by Gasteiger charge is -2.04. The van der Waals surface area contributed by atoms with Crippen molar-refractivity contribution in [1.82, 2.24) is 0 Å². The number of nitrogens with two attached hydrogens (primary N) is 1. The van der Waals surface area contributed by atoms with Gasteiger partial charge in [-0.3, -0.25) is 0 Å². The first-order valence-electron chi connectivity index (χ1n) is 5.02. The predicted molar refractivity (Wildman–Crippen MR) is 65.0 cm³/mol. The Kier molecular flexibility index (Phi) is 3.81. The van der Waals surface area contributed by atoms with Gasteiger partial charge in [0.15, 0.2) is 0 Å². The van der Waals surface area contributed by atoms with E-state index in [0.29, 0.717) is 22.5 Å². The van der Waals surface area contributed by atoms with E-state index in [-0.39, 0.29) is 12.4 Å². The van der Waals surface area contributed by atoms with Crippen LogP contribution in [0.3, 0.4) is 0 Å². The lowest BCUT2D eigenvalue weighted by atomic mass is 10.3. The Hall–Kier alpha value is -1.33. The van der Waals surface area contributed by atoms with Gasteiger partial charge in [-0.25, -0.2) is 4.39 Å². The Labute approximate surface area is 106 Å². The highest BCUT2D eigenvalue weighted by atomic mass is 79.9. The number of hydrogen-bond acceptors (Lipinski definition) is 3. The smallest absolute Gasteiger partial charge is 0.146 e. The van der Waals surface area contributed by atoms with Crippen LogP contribution >= 0.6 is 15.9 Å². The molecule has 0 aliphatic heterocycles. The van der Waals surface area contributed by atoms with Gasteiger partial charge in [-0.1, -0.05) is 15.9 Å². The molecule has 0 spiro atoms. The zero-order chi connectivity index (χ0) is 12.3. The molecule has 0 aliphatic rings. The van der Waals surface area contributed by atoms with Crippen LogP contribution in [0, 0.1) is 5.82 Å². The first-order valence-corrected chi connectivity index (χ1v) is 5.82. The summed E-state index contributed by atoms with van der Waals surface area (Å²) < 4.78 is 24.3. The molecule has 0 amide bonds. The van der Waals surface area contributed by atoms with Crippen molar-refractivity contribution in [2.24, 2.45) is 5.73 Å². The minimum absolute atomic E-state index is 0.246. The number of rotatable bonds is 4. The Morgan fingerprint density at radius 3 is 2.76 bits per heavy atom. The maximum absolute atomic E-state index is 13.1. The molecule has 0 unspecified atom stereocenters. The van der Waals surface area contributed by atoms with E-state index in [1.165, 1.54) is 12.1 Å². The molecule has 2 N–H and O–H groups in total. The summed E-state index contributed by atoms with van der Waals surface area (Å²) >= 11 is 3.19. The van der Waals surface area contributed by atoms with Crippen LogP contribution in [0.2, 0.25) is 0 Å². The molecule has 1 heterocycles. The van der Waals surface area contributed by atoms with Crippen LogP contribution in [0.25, 0.3) is 0 Å². The highest BCUT2D eigenvalue weighted by Gasteiger charge is 2.04. The molecule has 17 heavy (non-hydrogen) atoms. The summed E-state index contributed by atoms with van der Waals surface area (Å²) in [5, 5.41) is 0. The van der Waals surface area contributed by atoms with E-state index >= 15 is 0 Å². The van der Waals surface area contributed by atoms with Crippen molar-refractivity contribution >= 4 is 15.9 Å². The summed E-state index contributed by atoms with van der Waals surface area (Å²) in [5.74, 6) is 0.755. The van der Waals surface area contributed by atoms with Crippen LogP contribution in [-0.4, -0.2) is 0 Å². The highest BCUT2D eigenvalue weighted by molar-refractivity contribution is 9.10. The van der Waals surface area contributed by atoms with Crippen molar-refractivity contribution in [2.45, 2.75) is 13.2 Å². The quantitative estimate of drug-likeness (QED) is 0.943. The molecule has 1 aromatic carbocycles. The van der Waals surface area contributed by atoms with E-state index in [9.17, 15) is 4.39 Å². The van der Waals surface area contributed by atoms with Crippen LogP contribution in [-0.2, 0) is 13.2 Å². The molecule has 0 atom stereocenters. The fourth-order valence-electron chi connectivity index (χ4n) is 1.38. The second-order valence-electron chi connectivity index (χ2n) is 3.52. The van der Waals surface area contributed by atoms with Crippen LogP contribution in [0.15, 0.2) is 39.4 Å². The van der Waals surface area contributed by atoms with Gasteiger partial charge in [0.1, 0.15) is 23.9 Å². The van der Waals surface area contributed by atoms with Gasteiger partial charge < -0.3 is 14.9 Å². The third kappa shape index (κ3) is 3.31. The third-order valence-electron chi connectivity index (χ3n) is 2.16. The number of halogens is 2. The van der Waals surface area contributed by atoms with Crippen LogP contribution in [0.5, 0.6) is 5.75 Å². The molecule has 2 rings (SSSR count). The number of hydrogen-bond donors (Lipinski definition) is 1. The highest BCUT2D eigenvalue weighted by Crippen LogP contribution is 2.21. The summed E-state index contributed by atoms with van der Waals surface area (Å²) in [4.78, 5) is 0. The van der Waals surface area contributed by atoms with Gasteiger partial charge in [0.05, 0.1) is 6.26 Å². The minimum Gasteiger partial charge on any atom is -0.486 e. The summed E-state index contributed by atoms with van der Waals surface area (Å²) in [6, 6.07) is 6.19. The number of benzene rings is 1. The van der Waals surface area contributed by atoms with Crippen LogP contribution < -0.4 is 10.5 Å². The second-order valence-corrected chi connectivity index (χ2v) is 4.43. The largest absolute Gasteiger partial charge is 0.486 e. The SMILES string of the molecule is NCc1coc(COc2cc(F)cc(Br)c2)c1. The zero-order valence-electron chi connectivity index (χ0n) is 8.95. The maximum atomic E-state index is 13.1. The average Bonchev–Trinajstić information content (AvgIpc) is 2.73. The summed E-state index contributed by atoms with van der Waals surface area (Å²) in [5.41, 5.74) is 6.36. The molecule has 5 heteroatoms. The first-order chi connectivity index (χ1) is 8.17. The average molecular weight is 300 g/mol. The molecule has 0 radical (unpaired) electrons. The summed E-state index contributed by atoms with van der Waals surface area (Å²) in [6.45, 7) is 0.672. The predicted octanol–water partition coefficient (Wildman–Crippen LogP) is 3.22. The molecular weight excluding hydrogens is 289 g/mol. The van der Waals surface area contributed by atoms with Crippen LogP contribution in [0.1, 0.15) is 11.3 Å². The van der Waals surface area contributed by atoms with E-state index in [0.717, 1.165) is 5.56 Å². The molecule has 0 bridgehead atoms. The first kappa shape index (κ1) is 12.1. The molecule has 3 nitrogen and oxygen atoms in total. The number of furan rings is 1. The van der Waals surface area contributed by atoms with E-state index < -0.39 is 0 Å². The normalized spacial score (nSPS) is 10.5. The lowest BCUT2D eigenvalue weighted by Crippen LogP contribution is -1.95. The van der Waals surface area contributed by atoms with E-state index in [1.807, 2.05) is 6.07 Å². The zero-order valence-corrected chi connectivity index (χ0v) is 10.5. The van der Waals surface area contributed by atoms with Crippen molar-refractivity contribution in [3.8, 4) is 5.75 Å². The Bertz CT molecular complexity index is 493. The van der Waals surface area contributed by atoms with E-state index in [4.69, 9.17) is 14.9 Å². The van der Waals surface area contributed by atoms with Crippen molar-refractivity contribution < 1.29 is 13.5 Å². The van der Waals surface area contributed by atoms with Gasteiger partial charge in [0.2, 0.25) is 0 Å². The molecule has 0 saturated heterocycles. The molecular formula is C12H11BrFNO2. The molecule has 2 aromatic rings. The van der Waals surface area contributed by atoms with Crippen LogP contribution in [0.4, 0.5) is 4.39 Å². The molecule has 1 aromatic heterocycles. The summed E-state index contributed by atoms with van der Waals surface area (Å²) in [6.07, 6.45) is 1.58. The van der Waals surface area contributed by atoms with Crippen molar-refractivity contribution in [3.05, 3.63) is 52.1 Å². The van der Waals surface area contributed by atoms with Crippen molar-refractivity contribution in [1.29, 1.82) is 0 Å². The molecule has 90 valence electrons. The second kappa shape index (κ2) is 5.33. The van der Waals surface area contributed by atoms with Gasteiger partial charge >= 0.3 is 0 Å². The minimum atomic E-state index is -0.350. The van der Waals surface area contributed by atoms with Gasteiger partial charge in [-0.2, -0.15) is 0 Å². The summed E-state index contributed by atoms with van der Waals surface area (Å²) in [7, 11) is 0. The van der Waals surface area contributed by atoms with Gasteiger partial charge in [-0.15, -0.1) is 0 Å². The molecule has 0 saturated carbocycles. The fourth-order valence-corrected chi connectivity index (χ4v) is 1.82. The maximum Gasteiger partial charge on any atom is 0.146 e. The number of ether oxygens (including phenoxy) is 1.